The molecule has 5 heterocycles. The van der Waals surface area contributed by atoms with Gasteiger partial charge in [-0.1, -0.05) is 11.2 Å². The van der Waals surface area contributed by atoms with Crippen molar-refractivity contribution in [2.24, 2.45) is 0 Å². The second-order valence-corrected chi connectivity index (χ2v) is 7.71. The molecule has 1 atom stereocenters. The van der Waals surface area contributed by atoms with Gasteiger partial charge in [0.05, 0.1) is 18.3 Å². The van der Waals surface area contributed by atoms with Crippen molar-refractivity contribution in [1.29, 1.82) is 0 Å². The summed E-state index contributed by atoms with van der Waals surface area (Å²) in [6.07, 6.45) is 3.56. The summed E-state index contributed by atoms with van der Waals surface area (Å²) in [5.41, 5.74) is 2.38. The van der Waals surface area contributed by atoms with Gasteiger partial charge in [-0.15, -0.1) is 0 Å². The minimum atomic E-state index is -0.110. The second kappa shape index (κ2) is 9.25. The standard InChI is InChI=1S/C22H24N8O3/c1-14-11-20(28-27-14)24-19-13-21(32-10-9-31)26-22(25-19)30-8-4-6-17(30)18-12-16(29-33-18)15-5-2-3-7-23-15/h2-3,5,7,11-13,17,31H,4,6,8-10H2,1H3,(H2,24,25,26,27,28)/t17-/m0/s1. The molecule has 0 unspecified atom stereocenters. The Morgan fingerprint density at radius 2 is 2.15 bits per heavy atom. The van der Waals surface area contributed by atoms with E-state index in [1.807, 2.05) is 37.3 Å². The van der Waals surface area contributed by atoms with E-state index in [1.54, 1.807) is 12.3 Å². The van der Waals surface area contributed by atoms with E-state index < -0.39 is 0 Å². The van der Waals surface area contributed by atoms with Gasteiger partial charge in [0.2, 0.25) is 11.8 Å². The van der Waals surface area contributed by atoms with Crippen molar-refractivity contribution in [2.75, 3.05) is 30.0 Å². The molecule has 1 fully saturated rings. The van der Waals surface area contributed by atoms with Gasteiger partial charge in [0.1, 0.15) is 18.1 Å². The van der Waals surface area contributed by atoms with Crippen molar-refractivity contribution in [3.8, 4) is 17.3 Å². The fraction of sp³-hybridized carbons (Fsp3) is 0.318. The van der Waals surface area contributed by atoms with Gasteiger partial charge in [0.25, 0.3) is 0 Å². The lowest BCUT2D eigenvalue weighted by Gasteiger charge is -2.23. The predicted molar refractivity (Wildman–Crippen MR) is 120 cm³/mol. The molecule has 5 rings (SSSR count). The van der Waals surface area contributed by atoms with Crippen molar-refractivity contribution in [2.45, 2.75) is 25.8 Å². The molecule has 11 heteroatoms. The summed E-state index contributed by atoms with van der Waals surface area (Å²) in [7, 11) is 0. The molecular weight excluding hydrogens is 424 g/mol. The Labute approximate surface area is 189 Å². The number of H-pyrrole nitrogens is 1. The Hall–Kier alpha value is -3.99. The fourth-order valence-corrected chi connectivity index (χ4v) is 3.83. The summed E-state index contributed by atoms with van der Waals surface area (Å²) in [5.74, 6) is 2.77. The molecule has 1 aliphatic rings. The highest BCUT2D eigenvalue weighted by Gasteiger charge is 2.32. The van der Waals surface area contributed by atoms with Crippen LogP contribution < -0.4 is 15.0 Å². The van der Waals surface area contributed by atoms with Gasteiger partial charge >= 0.3 is 0 Å². The average Bonchev–Trinajstić information content (AvgIpc) is 3.59. The molecule has 3 N–H and O–H groups in total. The Bertz CT molecular complexity index is 1210. The average molecular weight is 448 g/mol. The zero-order chi connectivity index (χ0) is 22.6. The third-order valence-corrected chi connectivity index (χ3v) is 5.29. The lowest BCUT2D eigenvalue weighted by Crippen LogP contribution is -2.25. The molecule has 0 amide bonds. The van der Waals surface area contributed by atoms with Crippen molar-refractivity contribution >= 4 is 17.6 Å². The molecule has 0 bridgehead atoms. The summed E-state index contributed by atoms with van der Waals surface area (Å²) >= 11 is 0. The molecule has 0 radical (unpaired) electrons. The first kappa shape index (κ1) is 20.9. The number of nitrogens with one attached hydrogen (secondary N) is 2. The molecule has 0 aromatic carbocycles. The maximum atomic E-state index is 9.17. The summed E-state index contributed by atoms with van der Waals surface area (Å²) in [6.45, 7) is 2.71. The highest BCUT2D eigenvalue weighted by atomic mass is 16.5. The quantitative estimate of drug-likeness (QED) is 0.369. The summed E-state index contributed by atoms with van der Waals surface area (Å²) in [6, 6.07) is 11.1. The van der Waals surface area contributed by atoms with Crippen LogP contribution in [0.2, 0.25) is 0 Å². The number of hydrogen-bond donors (Lipinski definition) is 3. The van der Waals surface area contributed by atoms with Crippen molar-refractivity contribution in [3.63, 3.8) is 0 Å². The van der Waals surface area contributed by atoms with Gasteiger partial charge in [0, 0.05) is 36.6 Å². The number of anilines is 3. The summed E-state index contributed by atoms with van der Waals surface area (Å²) in [5, 5.41) is 23.7. The molecule has 170 valence electrons. The Morgan fingerprint density at radius 1 is 1.21 bits per heavy atom. The molecule has 1 aliphatic heterocycles. The van der Waals surface area contributed by atoms with E-state index in [0.717, 1.165) is 36.5 Å². The second-order valence-electron chi connectivity index (χ2n) is 7.71. The first-order valence-corrected chi connectivity index (χ1v) is 10.8. The minimum absolute atomic E-state index is 0.0662. The zero-order valence-corrected chi connectivity index (χ0v) is 18.1. The largest absolute Gasteiger partial charge is 0.475 e. The fourth-order valence-electron chi connectivity index (χ4n) is 3.83. The van der Waals surface area contributed by atoms with Crippen LogP contribution in [0, 0.1) is 6.92 Å². The molecule has 4 aromatic heterocycles. The van der Waals surface area contributed by atoms with Crippen LogP contribution in [-0.2, 0) is 0 Å². The molecule has 4 aromatic rings. The van der Waals surface area contributed by atoms with E-state index in [9.17, 15) is 0 Å². The molecule has 0 saturated carbocycles. The van der Waals surface area contributed by atoms with Gasteiger partial charge in [-0.3, -0.25) is 10.1 Å². The van der Waals surface area contributed by atoms with E-state index in [0.29, 0.717) is 29.2 Å². The summed E-state index contributed by atoms with van der Waals surface area (Å²) < 4.78 is 11.3. The monoisotopic (exact) mass is 448 g/mol. The maximum absolute atomic E-state index is 9.17. The van der Waals surface area contributed by atoms with Crippen LogP contribution in [0.4, 0.5) is 17.6 Å². The molecule has 0 aliphatic carbocycles. The number of rotatable bonds is 8. The number of aliphatic hydroxyl groups is 1. The first-order valence-electron chi connectivity index (χ1n) is 10.8. The van der Waals surface area contributed by atoms with Gasteiger partial charge < -0.3 is 24.6 Å². The van der Waals surface area contributed by atoms with Gasteiger partial charge in [-0.05, 0) is 31.9 Å². The number of aryl methyl sites for hydroxylation is 1. The number of pyridine rings is 1. The zero-order valence-electron chi connectivity index (χ0n) is 18.1. The third-order valence-electron chi connectivity index (χ3n) is 5.29. The van der Waals surface area contributed by atoms with Gasteiger partial charge in [0.15, 0.2) is 11.6 Å². The molecular formula is C22H24N8O3. The molecule has 0 spiro atoms. The van der Waals surface area contributed by atoms with Crippen molar-refractivity contribution in [1.82, 2.24) is 30.3 Å². The van der Waals surface area contributed by atoms with Crippen LogP contribution in [0.15, 0.2) is 47.1 Å². The number of aromatic nitrogens is 6. The van der Waals surface area contributed by atoms with Crippen molar-refractivity contribution < 1.29 is 14.4 Å². The van der Waals surface area contributed by atoms with E-state index in [2.05, 4.69) is 35.5 Å². The smallest absolute Gasteiger partial charge is 0.231 e. The van der Waals surface area contributed by atoms with Crippen LogP contribution in [-0.4, -0.2) is 55.2 Å². The van der Waals surface area contributed by atoms with E-state index in [1.165, 1.54) is 0 Å². The number of aliphatic hydroxyl groups excluding tert-OH is 1. The summed E-state index contributed by atoms with van der Waals surface area (Å²) in [4.78, 5) is 15.7. The van der Waals surface area contributed by atoms with Gasteiger partial charge in [-0.2, -0.15) is 15.1 Å². The molecule has 11 nitrogen and oxygen atoms in total. The number of nitrogens with zero attached hydrogens (tertiary/aromatic N) is 6. The van der Waals surface area contributed by atoms with Gasteiger partial charge in [-0.25, -0.2) is 0 Å². The molecule has 33 heavy (non-hydrogen) atoms. The highest BCUT2D eigenvalue weighted by Crippen LogP contribution is 2.37. The normalized spacial score (nSPS) is 15.7. The highest BCUT2D eigenvalue weighted by molar-refractivity contribution is 5.57. The first-order chi connectivity index (χ1) is 16.2. The van der Waals surface area contributed by atoms with Crippen LogP contribution in [0.1, 0.15) is 30.3 Å². The number of aromatic amines is 1. The van der Waals surface area contributed by atoms with Crippen LogP contribution in [0.3, 0.4) is 0 Å². The lowest BCUT2D eigenvalue weighted by atomic mass is 10.1. The SMILES string of the molecule is Cc1cc(Nc2cc(OCCO)nc(N3CCC[C@H]3c3cc(-c4ccccn4)no3)n2)n[nH]1. The van der Waals surface area contributed by atoms with Crippen LogP contribution in [0.5, 0.6) is 5.88 Å². The Kier molecular flexibility index (Phi) is 5.85. The van der Waals surface area contributed by atoms with Crippen molar-refractivity contribution in [3.05, 3.63) is 54.0 Å². The van der Waals surface area contributed by atoms with E-state index in [-0.39, 0.29) is 19.3 Å². The third kappa shape index (κ3) is 4.62. The number of ether oxygens (including phenoxy) is 1. The lowest BCUT2D eigenvalue weighted by molar-refractivity contribution is 0.196. The van der Waals surface area contributed by atoms with Crippen LogP contribution >= 0.6 is 0 Å². The topological polar surface area (TPSA) is 138 Å². The predicted octanol–water partition coefficient (Wildman–Crippen LogP) is 3.01. The van der Waals surface area contributed by atoms with E-state index >= 15 is 0 Å². The molecule has 1 saturated heterocycles. The number of hydrogen-bond acceptors (Lipinski definition) is 10. The van der Waals surface area contributed by atoms with E-state index in [4.69, 9.17) is 19.4 Å². The maximum Gasteiger partial charge on any atom is 0.231 e. The Balaban J connectivity index is 1.44. The van der Waals surface area contributed by atoms with Crippen LogP contribution in [0.25, 0.3) is 11.4 Å². The Morgan fingerprint density at radius 3 is 2.94 bits per heavy atom. The minimum Gasteiger partial charge on any atom is -0.475 e.